The monoisotopic (exact) mass is 360 g/mol. The van der Waals surface area contributed by atoms with Crippen LogP contribution in [-0.4, -0.2) is 43.4 Å². The van der Waals surface area contributed by atoms with E-state index in [1.54, 1.807) is 42.8 Å². The second kappa shape index (κ2) is 8.98. The fourth-order valence-electron chi connectivity index (χ4n) is 2.24. The van der Waals surface area contributed by atoms with Crippen LogP contribution in [0.25, 0.3) is 0 Å². The van der Waals surface area contributed by atoms with Gasteiger partial charge in [-0.25, -0.2) is 0 Å². The quantitative estimate of drug-likeness (QED) is 0.770. The minimum absolute atomic E-state index is 0.217. The van der Waals surface area contributed by atoms with Gasteiger partial charge in [-0.1, -0.05) is 12.1 Å². The van der Waals surface area contributed by atoms with Gasteiger partial charge >= 0.3 is 5.97 Å². The van der Waals surface area contributed by atoms with Crippen molar-refractivity contribution in [2.45, 2.75) is 12.8 Å². The maximum absolute atomic E-state index is 12.6. The number of thiophene rings is 1. The van der Waals surface area contributed by atoms with Crippen molar-refractivity contribution >= 4 is 34.8 Å². The van der Waals surface area contributed by atoms with Gasteiger partial charge in [0.05, 0.1) is 23.9 Å². The molecule has 1 N–H and O–H groups in total. The molecule has 7 heteroatoms. The van der Waals surface area contributed by atoms with Gasteiger partial charge in [0, 0.05) is 25.4 Å². The van der Waals surface area contributed by atoms with Gasteiger partial charge in [-0.3, -0.25) is 14.4 Å². The fourth-order valence-corrected chi connectivity index (χ4v) is 2.87. The number of carbonyl (C=O) groups is 3. The molecule has 132 valence electrons. The Kier molecular flexibility index (Phi) is 6.71. The first-order chi connectivity index (χ1) is 12.0. The van der Waals surface area contributed by atoms with Crippen LogP contribution in [0, 0.1) is 0 Å². The van der Waals surface area contributed by atoms with Crippen LogP contribution in [0.4, 0.5) is 5.69 Å². The van der Waals surface area contributed by atoms with E-state index in [1.165, 1.54) is 23.3 Å². The number of carbonyl (C=O) groups excluding carboxylic acids is 3. The number of hydrogen-bond donors (Lipinski definition) is 1. The van der Waals surface area contributed by atoms with E-state index >= 15 is 0 Å². The third-order valence-corrected chi connectivity index (χ3v) is 4.32. The summed E-state index contributed by atoms with van der Waals surface area (Å²) in [5.41, 5.74) is 1.42. The Bertz CT molecular complexity index is 743. The van der Waals surface area contributed by atoms with Crippen LogP contribution in [0.2, 0.25) is 0 Å². The van der Waals surface area contributed by atoms with Crippen molar-refractivity contribution in [3.63, 3.8) is 0 Å². The van der Waals surface area contributed by atoms with E-state index in [0.29, 0.717) is 29.8 Å². The number of nitrogens with zero attached hydrogens (tertiary/aromatic N) is 1. The normalized spacial score (nSPS) is 10.2. The first kappa shape index (κ1) is 18.7. The molecule has 0 unspecified atom stereocenters. The summed E-state index contributed by atoms with van der Waals surface area (Å²) in [6, 6.07) is 8.60. The summed E-state index contributed by atoms with van der Waals surface area (Å²) in [6.45, 7) is 0.417. The standard InChI is InChI=1S/C18H20N2O4S/c1-20(10-5-8-16(21)24-2)18(23)14-6-3-4-7-15(14)19-17(22)13-9-11-25-12-13/h3-4,6-7,9,11-12H,5,8,10H2,1-2H3,(H,19,22). The Morgan fingerprint density at radius 3 is 2.64 bits per heavy atom. The van der Waals surface area contributed by atoms with Crippen molar-refractivity contribution in [3.8, 4) is 0 Å². The molecule has 2 amide bonds. The zero-order chi connectivity index (χ0) is 18.2. The summed E-state index contributed by atoms with van der Waals surface area (Å²) in [5, 5.41) is 6.35. The number of esters is 1. The minimum atomic E-state index is -0.302. The highest BCUT2D eigenvalue weighted by atomic mass is 32.1. The maximum Gasteiger partial charge on any atom is 0.305 e. The molecular weight excluding hydrogens is 340 g/mol. The number of nitrogens with one attached hydrogen (secondary N) is 1. The summed E-state index contributed by atoms with van der Waals surface area (Å²) in [7, 11) is 3.00. The Balaban J connectivity index is 2.04. The van der Waals surface area contributed by atoms with Gasteiger partial charge < -0.3 is 15.0 Å². The Labute approximate surface area is 150 Å². The highest BCUT2D eigenvalue weighted by Crippen LogP contribution is 2.19. The van der Waals surface area contributed by atoms with Gasteiger partial charge in [0.2, 0.25) is 0 Å². The molecule has 0 fully saturated rings. The smallest absolute Gasteiger partial charge is 0.305 e. The maximum atomic E-state index is 12.6. The molecule has 0 aliphatic carbocycles. The van der Waals surface area contributed by atoms with Crippen molar-refractivity contribution in [2.24, 2.45) is 0 Å². The Hall–Kier alpha value is -2.67. The van der Waals surface area contributed by atoms with E-state index in [2.05, 4.69) is 10.1 Å². The van der Waals surface area contributed by atoms with E-state index in [-0.39, 0.29) is 24.2 Å². The van der Waals surface area contributed by atoms with Crippen LogP contribution in [0.1, 0.15) is 33.6 Å². The summed E-state index contributed by atoms with van der Waals surface area (Å²) in [5.74, 6) is -0.773. The molecule has 0 radical (unpaired) electrons. The molecular formula is C18H20N2O4S. The molecule has 0 aliphatic rings. The number of hydrogen-bond acceptors (Lipinski definition) is 5. The Morgan fingerprint density at radius 1 is 1.20 bits per heavy atom. The van der Waals surface area contributed by atoms with Gasteiger partial charge in [-0.15, -0.1) is 0 Å². The number of benzene rings is 1. The summed E-state index contributed by atoms with van der Waals surface area (Å²) < 4.78 is 4.59. The molecule has 2 rings (SSSR count). The van der Waals surface area contributed by atoms with E-state index in [1.807, 2.05) is 5.38 Å². The average molecular weight is 360 g/mol. The van der Waals surface area contributed by atoms with E-state index in [4.69, 9.17) is 0 Å². The molecule has 1 heterocycles. The third kappa shape index (κ3) is 5.15. The molecule has 0 saturated heterocycles. The summed E-state index contributed by atoms with van der Waals surface area (Å²) >= 11 is 1.43. The predicted molar refractivity (Wildman–Crippen MR) is 96.9 cm³/mol. The second-order valence-corrected chi connectivity index (χ2v) is 6.20. The molecule has 6 nitrogen and oxygen atoms in total. The minimum Gasteiger partial charge on any atom is -0.469 e. The fraction of sp³-hybridized carbons (Fsp3) is 0.278. The number of para-hydroxylation sites is 1. The van der Waals surface area contributed by atoms with Gasteiger partial charge in [-0.2, -0.15) is 11.3 Å². The number of anilines is 1. The molecule has 25 heavy (non-hydrogen) atoms. The van der Waals surface area contributed by atoms with Crippen molar-refractivity contribution in [1.29, 1.82) is 0 Å². The lowest BCUT2D eigenvalue weighted by Gasteiger charge is -2.19. The van der Waals surface area contributed by atoms with Crippen molar-refractivity contribution in [2.75, 3.05) is 26.0 Å². The molecule has 2 aromatic rings. The topological polar surface area (TPSA) is 75.7 Å². The van der Waals surface area contributed by atoms with Crippen LogP contribution < -0.4 is 5.32 Å². The Morgan fingerprint density at radius 2 is 1.96 bits per heavy atom. The van der Waals surface area contributed by atoms with Crippen LogP contribution >= 0.6 is 11.3 Å². The predicted octanol–water partition coefficient (Wildman–Crippen LogP) is 3.03. The first-order valence-electron chi connectivity index (χ1n) is 7.77. The van der Waals surface area contributed by atoms with Crippen LogP contribution in [-0.2, 0) is 9.53 Å². The average Bonchev–Trinajstić information content (AvgIpc) is 3.16. The van der Waals surface area contributed by atoms with Gasteiger partial charge in [0.25, 0.3) is 11.8 Å². The van der Waals surface area contributed by atoms with Crippen molar-refractivity contribution in [3.05, 3.63) is 52.2 Å². The van der Waals surface area contributed by atoms with Crippen molar-refractivity contribution in [1.82, 2.24) is 4.90 Å². The molecule has 1 aromatic carbocycles. The molecule has 0 saturated carbocycles. The second-order valence-electron chi connectivity index (χ2n) is 5.42. The highest BCUT2D eigenvalue weighted by Gasteiger charge is 2.17. The molecule has 0 atom stereocenters. The van der Waals surface area contributed by atoms with Gasteiger partial charge in [-0.05, 0) is 30.0 Å². The first-order valence-corrected chi connectivity index (χ1v) is 8.72. The van der Waals surface area contributed by atoms with E-state index in [0.717, 1.165) is 0 Å². The van der Waals surface area contributed by atoms with Crippen molar-refractivity contribution < 1.29 is 19.1 Å². The molecule has 0 aliphatic heterocycles. The number of amides is 2. The van der Waals surface area contributed by atoms with Gasteiger partial charge in [0.15, 0.2) is 0 Å². The summed E-state index contributed by atoms with van der Waals surface area (Å²) in [6.07, 6.45) is 0.767. The number of rotatable bonds is 7. The van der Waals surface area contributed by atoms with E-state index < -0.39 is 0 Å². The number of ether oxygens (including phenoxy) is 1. The highest BCUT2D eigenvalue weighted by molar-refractivity contribution is 7.08. The molecule has 1 aromatic heterocycles. The SMILES string of the molecule is COC(=O)CCCN(C)C(=O)c1ccccc1NC(=O)c1ccsc1. The van der Waals surface area contributed by atoms with Crippen LogP contribution in [0.5, 0.6) is 0 Å². The number of methoxy groups -OCH3 is 1. The third-order valence-electron chi connectivity index (χ3n) is 3.64. The van der Waals surface area contributed by atoms with E-state index in [9.17, 15) is 14.4 Å². The molecule has 0 bridgehead atoms. The lowest BCUT2D eigenvalue weighted by atomic mass is 10.1. The molecule has 0 spiro atoms. The lowest BCUT2D eigenvalue weighted by Crippen LogP contribution is -2.29. The van der Waals surface area contributed by atoms with Crippen LogP contribution in [0.15, 0.2) is 41.1 Å². The largest absolute Gasteiger partial charge is 0.469 e. The zero-order valence-corrected chi connectivity index (χ0v) is 15.0. The van der Waals surface area contributed by atoms with Crippen LogP contribution in [0.3, 0.4) is 0 Å². The van der Waals surface area contributed by atoms with Gasteiger partial charge in [0.1, 0.15) is 0 Å². The zero-order valence-electron chi connectivity index (χ0n) is 14.2. The summed E-state index contributed by atoms with van der Waals surface area (Å²) in [4.78, 5) is 37.5. The lowest BCUT2D eigenvalue weighted by molar-refractivity contribution is -0.140.